The first kappa shape index (κ1) is 17.4. The maximum atomic E-state index is 11.7. The fourth-order valence-corrected chi connectivity index (χ4v) is 2.10. The molecule has 5 atom stereocenters. The summed E-state index contributed by atoms with van der Waals surface area (Å²) in [6.45, 7) is -0.642. The predicted molar refractivity (Wildman–Crippen MR) is 71.6 cm³/mol. The highest BCUT2D eigenvalue weighted by atomic mass is 16.7. The standard InChI is InChI=1S/C13H17NO9/c1-21-12(20)5-2-14-3-6(16)11(5)23-13-10(19)9(18)8(17)7(4-15)22-13/h2-3,7-10,13,15-19H,4H2,1H3/t7-,8-,9+,10-,13+/m1/s1. The van der Waals surface area contributed by atoms with Gasteiger partial charge in [0.05, 0.1) is 19.9 Å². The first-order valence-corrected chi connectivity index (χ1v) is 6.63. The molecule has 10 heteroatoms. The number of carbonyl (C=O) groups is 1. The van der Waals surface area contributed by atoms with Gasteiger partial charge in [-0.25, -0.2) is 4.79 Å². The number of aliphatic hydroxyl groups excluding tert-OH is 4. The number of nitrogens with zero attached hydrogens (tertiary/aromatic N) is 1. The van der Waals surface area contributed by atoms with E-state index < -0.39 is 49.0 Å². The molecular formula is C13H17NO9. The monoisotopic (exact) mass is 331 g/mol. The van der Waals surface area contributed by atoms with Crippen LogP contribution in [0.4, 0.5) is 0 Å². The van der Waals surface area contributed by atoms with Crippen LogP contribution < -0.4 is 4.74 Å². The molecule has 5 N–H and O–H groups in total. The Kier molecular flexibility index (Phi) is 5.34. The van der Waals surface area contributed by atoms with E-state index in [0.29, 0.717) is 0 Å². The Morgan fingerprint density at radius 3 is 2.57 bits per heavy atom. The number of aromatic hydroxyl groups is 1. The lowest BCUT2D eigenvalue weighted by Gasteiger charge is -2.39. The summed E-state index contributed by atoms with van der Waals surface area (Å²) in [7, 11) is 1.12. The quantitative estimate of drug-likeness (QED) is 0.381. The number of aliphatic hydroxyl groups is 4. The minimum absolute atomic E-state index is 0.232. The SMILES string of the molecule is COC(=O)c1cncc(O)c1O[C@@H]1O[C@H](CO)[C@@H](O)[C@H](O)[C@H]1O. The summed E-state index contributed by atoms with van der Waals surface area (Å²) < 4.78 is 14.9. The molecule has 128 valence electrons. The smallest absolute Gasteiger partial charge is 0.343 e. The van der Waals surface area contributed by atoms with Gasteiger partial charge in [0, 0.05) is 6.20 Å². The lowest BCUT2D eigenvalue weighted by Crippen LogP contribution is -2.60. The number of carbonyl (C=O) groups excluding carboxylic acids is 1. The van der Waals surface area contributed by atoms with Crippen LogP contribution in [0.25, 0.3) is 0 Å². The molecule has 1 aliphatic rings. The van der Waals surface area contributed by atoms with E-state index in [4.69, 9.17) is 14.6 Å². The molecule has 0 amide bonds. The van der Waals surface area contributed by atoms with Crippen LogP contribution in [0.1, 0.15) is 10.4 Å². The van der Waals surface area contributed by atoms with Crippen LogP contribution in [-0.4, -0.2) is 80.9 Å². The molecule has 0 bridgehead atoms. The van der Waals surface area contributed by atoms with E-state index in [9.17, 15) is 25.2 Å². The topological polar surface area (TPSA) is 159 Å². The van der Waals surface area contributed by atoms with Crippen molar-refractivity contribution < 1.29 is 44.5 Å². The summed E-state index contributed by atoms with van der Waals surface area (Å²) in [5.74, 6) is -1.76. The molecule has 0 spiro atoms. The Bertz CT molecular complexity index is 564. The van der Waals surface area contributed by atoms with Crippen LogP contribution in [0.3, 0.4) is 0 Å². The van der Waals surface area contributed by atoms with E-state index in [0.717, 1.165) is 19.5 Å². The summed E-state index contributed by atoms with van der Waals surface area (Å²) in [6, 6.07) is 0. The van der Waals surface area contributed by atoms with Crippen molar-refractivity contribution in [1.82, 2.24) is 4.98 Å². The molecule has 1 fully saturated rings. The van der Waals surface area contributed by atoms with E-state index in [2.05, 4.69) is 9.72 Å². The first-order chi connectivity index (χ1) is 10.9. The van der Waals surface area contributed by atoms with Gasteiger partial charge >= 0.3 is 5.97 Å². The van der Waals surface area contributed by atoms with Crippen molar-refractivity contribution in [3.8, 4) is 11.5 Å². The molecule has 10 nitrogen and oxygen atoms in total. The van der Waals surface area contributed by atoms with Crippen LogP contribution in [-0.2, 0) is 9.47 Å². The largest absolute Gasteiger partial charge is 0.503 e. The summed E-state index contributed by atoms with van der Waals surface area (Å²) in [6.07, 6.45) is -5.58. The molecule has 1 aromatic heterocycles. The maximum absolute atomic E-state index is 11.7. The second kappa shape index (κ2) is 7.06. The summed E-state index contributed by atoms with van der Waals surface area (Å²) in [5.41, 5.74) is -0.232. The zero-order valence-corrected chi connectivity index (χ0v) is 12.1. The average molecular weight is 331 g/mol. The molecule has 0 saturated carbocycles. The van der Waals surface area contributed by atoms with Crippen molar-refractivity contribution in [1.29, 1.82) is 0 Å². The molecule has 1 aliphatic heterocycles. The Balaban J connectivity index is 2.29. The van der Waals surface area contributed by atoms with Crippen molar-refractivity contribution in [2.75, 3.05) is 13.7 Å². The van der Waals surface area contributed by atoms with Gasteiger partial charge in [-0.15, -0.1) is 0 Å². The fourth-order valence-electron chi connectivity index (χ4n) is 2.10. The maximum Gasteiger partial charge on any atom is 0.343 e. The summed E-state index contributed by atoms with van der Waals surface area (Å²) in [4.78, 5) is 15.3. The molecule has 2 heterocycles. The zero-order chi connectivity index (χ0) is 17.1. The Hall–Kier alpha value is -1.98. The van der Waals surface area contributed by atoms with Gasteiger partial charge < -0.3 is 39.7 Å². The third kappa shape index (κ3) is 3.35. The number of ether oxygens (including phenoxy) is 3. The summed E-state index contributed by atoms with van der Waals surface area (Å²) in [5, 5.41) is 48.2. The first-order valence-electron chi connectivity index (χ1n) is 6.63. The van der Waals surface area contributed by atoms with Gasteiger partial charge in [-0.05, 0) is 0 Å². The molecular weight excluding hydrogens is 314 g/mol. The molecule has 23 heavy (non-hydrogen) atoms. The number of pyridine rings is 1. The van der Waals surface area contributed by atoms with Gasteiger partial charge in [0.25, 0.3) is 0 Å². The minimum atomic E-state index is -1.69. The molecule has 1 saturated heterocycles. The third-order valence-corrected chi connectivity index (χ3v) is 3.37. The van der Waals surface area contributed by atoms with Gasteiger partial charge in [-0.2, -0.15) is 0 Å². The third-order valence-electron chi connectivity index (χ3n) is 3.37. The number of rotatable bonds is 4. The Morgan fingerprint density at radius 1 is 1.26 bits per heavy atom. The number of methoxy groups -OCH3 is 1. The normalized spacial score (nSPS) is 30.7. The van der Waals surface area contributed by atoms with Gasteiger partial charge in [0.2, 0.25) is 6.29 Å². The van der Waals surface area contributed by atoms with Crippen LogP contribution in [0, 0.1) is 0 Å². The molecule has 0 aliphatic carbocycles. The lowest BCUT2D eigenvalue weighted by molar-refractivity contribution is -0.277. The van der Waals surface area contributed by atoms with Crippen LogP contribution in [0.15, 0.2) is 12.4 Å². The van der Waals surface area contributed by atoms with Crippen LogP contribution in [0.2, 0.25) is 0 Å². The van der Waals surface area contributed by atoms with E-state index in [1.54, 1.807) is 0 Å². The molecule has 2 rings (SSSR count). The number of aromatic nitrogens is 1. The number of hydrogen-bond donors (Lipinski definition) is 5. The second-order valence-corrected chi connectivity index (χ2v) is 4.84. The van der Waals surface area contributed by atoms with Gasteiger partial charge in [-0.3, -0.25) is 4.98 Å². The van der Waals surface area contributed by atoms with Crippen molar-refractivity contribution in [3.05, 3.63) is 18.0 Å². The fraction of sp³-hybridized carbons (Fsp3) is 0.538. The molecule has 0 radical (unpaired) electrons. The highest BCUT2D eigenvalue weighted by Gasteiger charge is 2.45. The predicted octanol–water partition coefficient (Wildman–Crippen LogP) is -2.25. The highest BCUT2D eigenvalue weighted by molar-refractivity contribution is 5.92. The van der Waals surface area contributed by atoms with Crippen LogP contribution >= 0.6 is 0 Å². The molecule has 0 unspecified atom stereocenters. The van der Waals surface area contributed by atoms with Gasteiger partial charge in [-0.1, -0.05) is 0 Å². The second-order valence-electron chi connectivity index (χ2n) is 4.84. The molecule has 1 aromatic rings. The zero-order valence-electron chi connectivity index (χ0n) is 12.1. The van der Waals surface area contributed by atoms with Gasteiger partial charge in [0.15, 0.2) is 11.5 Å². The average Bonchev–Trinajstić information content (AvgIpc) is 2.56. The van der Waals surface area contributed by atoms with Crippen molar-refractivity contribution >= 4 is 5.97 Å². The number of esters is 1. The summed E-state index contributed by atoms with van der Waals surface area (Å²) >= 11 is 0. The van der Waals surface area contributed by atoms with E-state index in [1.165, 1.54) is 0 Å². The van der Waals surface area contributed by atoms with E-state index in [-0.39, 0.29) is 11.3 Å². The van der Waals surface area contributed by atoms with Gasteiger partial charge in [0.1, 0.15) is 30.0 Å². The molecule has 0 aromatic carbocycles. The van der Waals surface area contributed by atoms with Crippen molar-refractivity contribution in [2.24, 2.45) is 0 Å². The van der Waals surface area contributed by atoms with Crippen molar-refractivity contribution in [2.45, 2.75) is 30.7 Å². The van der Waals surface area contributed by atoms with E-state index in [1.807, 2.05) is 0 Å². The lowest BCUT2D eigenvalue weighted by atomic mass is 9.99. The van der Waals surface area contributed by atoms with Crippen molar-refractivity contribution in [3.63, 3.8) is 0 Å². The highest BCUT2D eigenvalue weighted by Crippen LogP contribution is 2.33. The van der Waals surface area contributed by atoms with E-state index >= 15 is 0 Å². The Morgan fingerprint density at radius 2 is 1.96 bits per heavy atom. The Labute approximate surface area is 130 Å². The van der Waals surface area contributed by atoms with Crippen LogP contribution in [0.5, 0.6) is 11.5 Å². The minimum Gasteiger partial charge on any atom is -0.503 e. The number of hydrogen-bond acceptors (Lipinski definition) is 10.